The fourth-order valence-corrected chi connectivity index (χ4v) is 5.40. The summed E-state index contributed by atoms with van der Waals surface area (Å²) in [6, 6.07) is 21.0. The molecular weight excluding hydrogens is 473 g/mol. The molecule has 3 atom stereocenters. The number of benzene rings is 3. The fraction of sp³-hybridized carbons (Fsp3) is 0.222. The number of fused-ring (bicyclic) bond motifs is 1. The minimum Gasteiger partial charge on any atom is -0.421 e. The Balaban J connectivity index is 1.36. The number of esters is 1. The number of hydrogen-bond donors (Lipinski definition) is 0. The van der Waals surface area contributed by atoms with Gasteiger partial charge < -0.3 is 4.74 Å². The molecule has 2 fully saturated rings. The molecule has 1 aliphatic carbocycles. The van der Waals surface area contributed by atoms with Crippen molar-refractivity contribution < 1.29 is 19.1 Å². The van der Waals surface area contributed by atoms with Crippen molar-refractivity contribution >= 4 is 46.7 Å². The van der Waals surface area contributed by atoms with E-state index in [1.165, 1.54) is 28.7 Å². The van der Waals surface area contributed by atoms with Gasteiger partial charge in [-0.3, -0.25) is 14.5 Å². The van der Waals surface area contributed by atoms with Gasteiger partial charge in [0.15, 0.2) is 0 Å². The van der Waals surface area contributed by atoms with Crippen LogP contribution in [0.15, 0.2) is 72.8 Å². The van der Waals surface area contributed by atoms with Crippen molar-refractivity contribution in [2.45, 2.75) is 25.2 Å². The molecule has 5 nitrogen and oxygen atoms in total. The van der Waals surface area contributed by atoms with Crippen molar-refractivity contribution in [3.63, 3.8) is 0 Å². The average molecular weight is 494 g/mol. The van der Waals surface area contributed by atoms with E-state index in [2.05, 4.69) is 12.1 Å². The van der Waals surface area contributed by atoms with E-state index >= 15 is 0 Å². The highest BCUT2D eigenvalue weighted by Crippen LogP contribution is 2.45. The summed E-state index contributed by atoms with van der Waals surface area (Å²) in [5.41, 5.74) is 1.78. The molecule has 0 radical (unpaired) electrons. The minimum absolute atomic E-state index is 0.174. The lowest BCUT2D eigenvalue weighted by Gasteiger charge is -2.28. The molecule has 2 amide bonds. The molecule has 1 saturated carbocycles. The summed E-state index contributed by atoms with van der Waals surface area (Å²) in [5.74, 6) is -1.30. The number of amides is 2. The summed E-state index contributed by atoms with van der Waals surface area (Å²) < 4.78 is 5.40. The first-order valence-corrected chi connectivity index (χ1v) is 11.9. The van der Waals surface area contributed by atoms with Crippen molar-refractivity contribution in [2.75, 3.05) is 4.90 Å². The monoisotopic (exact) mass is 493 g/mol. The van der Waals surface area contributed by atoms with E-state index in [-0.39, 0.29) is 45.9 Å². The molecule has 1 heterocycles. The van der Waals surface area contributed by atoms with Crippen LogP contribution in [0, 0.1) is 11.8 Å². The quantitative estimate of drug-likeness (QED) is 0.243. The third-order valence-corrected chi connectivity index (χ3v) is 7.16. The number of ether oxygens (including phenoxy) is 1. The van der Waals surface area contributed by atoms with Crippen molar-refractivity contribution in [3.8, 4) is 5.75 Å². The molecule has 5 rings (SSSR count). The number of carbonyl (C=O) groups is 3. The number of carbonyl (C=O) groups excluding carboxylic acids is 3. The highest BCUT2D eigenvalue weighted by Gasteiger charge is 2.50. The van der Waals surface area contributed by atoms with E-state index < -0.39 is 5.97 Å². The van der Waals surface area contributed by atoms with Crippen LogP contribution < -0.4 is 9.64 Å². The normalized spacial score (nSPS) is 21.9. The molecule has 172 valence electrons. The maximum atomic E-state index is 13.3. The Morgan fingerprint density at radius 1 is 0.853 bits per heavy atom. The van der Waals surface area contributed by atoms with Gasteiger partial charge in [-0.25, -0.2) is 4.79 Å². The van der Waals surface area contributed by atoms with Crippen LogP contribution in [-0.4, -0.2) is 17.8 Å². The molecule has 3 aromatic rings. The van der Waals surface area contributed by atoms with Crippen LogP contribution >= 0.6 is 23.2 Å². The predicted molar refractivity (Wildman–Crippen MR) is 130 cm³/mol. The summed E-state index contributed by atoms with van der Waals surface area (Å²) >= 11 is 12.0. The van der Waals surface area contributed by atoms with Gasteiger partial charge in [-0.1, -0.05) is 59.6 Å². The van der Waals surface area contributed by atoms with Crippen molar-refractivity contribution in [2.24, 2.45) is 11.8 Å². The number of nitrogens with zero attached hydrogens (tertiary/aromatic N) is 1. The summed E-state index contributed by atoms with van der Waals surface area (Å²) in [7, 11) is 0. The zero-order valence-electron chi connectivity index (χ0n) is 18.1. The highest BCUT2D eigenvalue weighted by atomic mass is 35.5. The Kier molecular flexibility index (Phi) is 6.15. The van der Waals surface area contributed by atoms with Gasteiger partial charge in [-0.05, 0) is 67.1 Å². The van der Waals surface area contributed by atoms with E-state index in [4.69, 9.17) is 27.9 Å². The highest BCUT2D eigenvalue weighted by molar-refractivity contribution is 6.35. The van der Waals surface area contributed by atoms with E-state index in [0.29, 0.717) is 23.6 Å². The summed E-state index contributed by atoms with van der Waals surface area (Å²) in [5, 5.41) is 0.632. The molecule has 3 aromatic carbocycles. The average Bonchev–Trinajstić information content (AvgIpc) is 3.10. The van der Waals surface area contributed by atoms with Crippen LogP contribution in [0.3, 0.4) is 0 Å². The Labute approximate surface area is 207 Å². The van der Waals surface area contributed by atoms with E-state index in [9.17, 15) is 14.4 Å². The van der Waals surface area contributed by atoms with Gasteiger partial charge in [0.25, 0.3) is 0 Å². The smallest absolute Gasteiger partial charge is 0.343 e. The lowest BCUT2D eigenvalue weighted by atomic mass is 9.73. The molecule has 0 spiro atoms. The van der Waals surface area contributed by atoms with E-state index in [1.807, 2.05) is 18.2 Å². The molecule has 0 N–H and O–H groups in total. The summed E-state index contributed by atoms with van der Waals surface area (Å²) in [6.45, 7) is 0. The second-order valence-corrected chi connectivity index (χ2v) is 9.50. The molecule has 0 aromatic heterocycles. The van der Waals surface area contributed by atoms with Crippen molar-refractivity contribution in [1.82, 2.24) is 0 Å². The van der Waals surface area contributed by atoms with Gasteiger partial charge >= 0.3 is 5.97 Å². The van der Waals surface area contributed by atoms with Crippen LogP contribution in [0.25, 0.3) is 0 Å². The van der Waals surface area contributed by atoms with E-state index in [0.717, 1.165) is 6.42 Å². The van der Waals surface area contributed by atoms with Crippen LogP contribution in [-0.2, 0) is 9.59 Å². The third-order valence-electron chi connectivity index (χ3n) is 6.63. The lowest BCUT2D eigenvalue weighted by Crippen LogP contribution is -2.31. The molecule has 0 bridgehead atoms. The van der Waals surface area contributed by atoms with Gasteiger partial charge in [0.05, 0.1) is 28.1 Å². The van der Waals surface area contributed by atoms with Crippen LogP contribution in [0.4, 0.5) is 5.69 Å². The zero-order valence-corrected chi connectivity index (χ0v) is 19.6. The number of anilines is 1. The first kappa shape index (κ1) is 22.6. The standard InChI is InChI=1S/C27H21Cl2NO4/c28-19-10-12-24(23(29)15-19)34-27(33)18-7-4-8-20(13-18)30-25(31)21-11-9-17(14-22(21)26(30)32)16-5-2-1-3-6-16/h1-8,10,12-13,15,17,21-22H,9,11,14H2/t17-,21+,22+/m1/s1. The second kappa shape index (κ2) is 9.24. The molecule has 0 unspecified atom stereocenters. The first-order chi connectivity index (χ1) is 16.4. The minimum atomic E-state index is -0.647. The second-order valence-electron chi connectivity index (χ2n) is 8.66. The van der Waals surface area contributed by atoms with Crippen LogP contribution in [0.1, 0.15) is 41.1 Å². The molecule has 7 heteroatoms. The number of rotatable bonds is 4. The Morgan fingerprint density at radius 3 is 2.38 bits per heavy atom. The number of imide groups is 1. The van der Waals surface area contributed by atoms with Gasteiger partial charge in [0, 0.05) is 5.02 Å². The molecule has 1 aliphatic heterocycles. The zero-order chi connectivity index (χ0) is 23.8. The molecule has 2 aliphatic rings. The molecule has 1 saturated heterocycles. The Hall–Kier alpha value is -3.15. The number of halogens is 2. The van der Waals surface area contributed by atoms with Gasteiger partial charge in [0.1, 0.15) is 5.75 Å². The van der Waals surface area contributed by atoms with Gasteiger partial charge in [0.2, 0.25) is 11.8 Å². The Morgan fingerprint density at radius 2 is 1.62 bits per heavy atom. The maximum Gasteiger partial charge on any atom is 0.343 e. The SMILES string of the molecule is O=C(Oc1ccc(Cl)cc1Cl)c1cccc(N2C(=O)[C@H]3CC[C@@H](c4ccccc4)C[C@@H]3C2=O)c1. The third kappa shape index (κ3) is 4.22. The largest absolute Gasteiger partial charge is 0.421 e. The van der Waals surface area contributed by atoms with Crippen LogP contribution in [0.2, 0.25) is 10.0 Å². The molecule has 34 heavy (non-hydrogen) atoms. The van der Waals surface area contributed by atoms with Gasteiger partial charge in [-0.2, -0.15) is 0 Å². The fourth-order valence-electron chi connectivity index (χ4n) is 4.95. The van der Waals surface area contributed by atoms with Crippen LogP contribution in [0.5, 0.6) is 5.75 Å². The van der Waals surface area contributed by atoms with Gasteiger partial charge in [-0.15, -0.1) is 0 Å². The lowest BCUT2D eigenvalue weighted by molar-refractivity contribution is -0.122. The maximum absolute atomic E-state index is 13.3. The first-order valence-electron chi connectivity index (χ1n) is 11.1. The summed E-state index contributed by atoms with van der Waals surface area (Å²) in [6.07, 6.45) is 2.18. The van der Waals surface area contributed by atoms with Crippen molar-refractivity contribution in [1.29, 1.82) is 0 Å². The Bertz CT molecular complexity index is 1280. The summed E-state index contributed by atoms with van der Waals surface area (Å²) in [4.78, 5) is 40.5. The van der Waals surface area contributed by atoms with E-state index in [1.54, 1.807) is 24.3 Å². The predicted octanol–water partition coefficient (Wildman–Crippen LogP) is 6.29. The van der Waals surface area contributed by atoms with Crippen molar-refractivity contribution in [3.05, 3.63) is 94.0 Å². The number of hydrogen-bond acceptors (Lipinski definition) is 4. The topological polar surface area (TPSA) is 63.7 Å². The molecular formula is C27H21Cl2NO4.